The third kappa shape index (κ3) is 2.70. The number of halogens is 2. The first kappa shape index (κ1) is 23.3. The number of nitrogens with zero attached hydrogens (tertiary/aromatic N) is 1. The molecule has 0 spiro atoms. The predicted octanol–water partition coefficient (Wildman–Crippen LogP) is 5.22. The van der Waals surface area contributed by atoms with Gasteiger partial charge in [0.15, 0.2) is 0 Å². The van der Waals surface area contributed by atoms with Crippen molar-refractivity contribution in [3.05, 3.63) is 100 Å². The zero-order chi connectivity index (χ0) is 25.6. The lowest BCUT2D eigenvalue weighted by molar-refractivity contribution is -0.146. The Hall–Kier alpha value is -3.15. The van der Waals surface area contributed by atoms with Gasteiger partial charge in [-0.2, -0.15) is 0 Å². The molecule has 0 saturated carbocycles. The molecule has 1 aliphatic heterocycles. The van der Waals surface area contributed by atoms with E-state index in [0.717, 1.165) is 38.3 Å². The van der Waals surface area contributed by atoms with Crippen LogP contribution in [0.5, 0.6) is 0 Å². The van der Waals surface area contributed by atoms with Crippen LogP contribution in [0.3, 0.4) is 0 Å². The Labute approximate surface area is 219 Å². The van der Waals surface area contributed by atoms with Crippen molar-refractivity contribution in [2.75, 3.05) is 5.32 Å². The van der Waals surface area contributed by atoms with E-state index in [1.165, 1.54) is 0 Å². The molecule has 2 bridgehead atoms. The molecule has 0 unspecified atom stereocenters. The average molecular weight is 519 g/mol. The van der Waals surface area contributed by atoms with Gasteiger partial charge in [-0.25, -0.2) is 0 Å². The zero-order valence-electron chi connectivity index (χ0n) is 20.0. The largest absolute Gasteiger partial charge is 0.324 e. The molecule has 3 aromatic carbocycles. The minimum atomic E-state index is -1.27. The molecule has 1 heterocycles. The Morgan fingerprint density at radius 2 is 1.17 bits per heavy atom. The maximum atomic E-state index is 14.0. The summed E-state index contributed by atoms with van der Waals surface area (Å²) in [5, 5.41) is 2.92. The number of likely N-dealkylation sites (tertiary alicyclic amines) is 1. The molecule has 1 saturated heterocycles. The van der Waals surface area contributed by atoms with Gasteiger partial charge in [0.05, 0.1) is 11.8 Å². The first-order chi connectivity index (χ1) is 17.1. The molecule has 1 N–H and O–H groups in total. The standard InChI is InChI=1S/C29H24Cl2N2O3/c1-15-9-8-10-16(2)24(15)32-25(34)17(3)33-26(35)22-23(27(33)36)29(31)19-12-5-4-11-18(19)28(22,30)20-13-6-7-14-21(20)29/h4-14,17,22-23H,1-3H3,(H,32,34)/t17-,22-,23+,28?,29?/m0/s1. The third-order valence-electron chi connectivity index (χ3n) is 8.12. The number of carbonyl (C=O) groups is 3. The molecule has 1 fully saturated rings. The van der Waals surface area contributed by atoms with Crippen molar-refractivity contribution in [1.29, 1.82) is 0 Å². The minimum Gasteiger partial charge on any atom is -0.324 e. The van der Waals surface area contributed by atoms with Gasteiger partial charge in [-0.1, -0.05) is 66.7 Å². The Bertz CT molecular complexity index is 1340. The van der Waals surface area contributed by atoms with Crippen LogP contribution in [0.25, 0.3) is 0 Å². The van der Waals surface area contributed by atoms with E-state index < -0.39 is 45.3 Å². The molecule has 0 radical (unpaired) electrons. The normalized spacial score (nSPS) is 28.4. The highest BCUT2D eigenvalue weighted by atomic mass is 35.5. The number of nitrogens with one attached hydrogen (secondary N) is 1. The average Bonchev–Trinajstić information content (AvgIpc) is 3.15. The Kier molecular flexibility index (Phi) is 4.96. The van der Waals surface area contributed by atoms with Gasteiger partial charge in [0.25, 0.3) is 0 Å². The van der Waals surface area contributed by atoms with Gasteiger partial charge in [0.2, 0.25) is 17.7 Å². The van der Waals surface area contributed by atoms with Crippen molar-refractivity contribution in [1.82, 2.24) is 4.90 Å². The van der Waals surface area contributed by atoms with Gasteiger partial charge in [0.1, 0.15) is 15.8 Å². The lowest BCUT2D eigenvalue weighted by Gasteiger charge is -2.54. The fraction of sp³-hybridized carbons (Fsp3) is 0.276. The van der Waals surface area contributed by atoms with Crippen molar-refractivity contribution in [2.24, 2.45) is 11.8 Å². The van der Waals surface area contributed by atoms with Crippen molar-refractivity contribution < 1.29 is 14.4 Å². The van der Waals surface area contributed by atoms with Crippen LogP contribution in [0.4, 0.5) is 5.69 Å². The van der Waals surface area contributed by atoms with Crippen LogP contribution < -0.4 is 5.32 Å². The van der Waals surface area contributed by atoms with E-state index >= 15 is 0 Å². The van der Waals surface area contributed by atoms with Crippen molar-refractivity contribution in [3.8, 4) is 0 Å². The van der Waals surface area contributed by atoms with Crippen LogP contribution in [0, 0.1) is 25.7 Å². The van der Waals surface area contributed by atoms with Crippen LogP contribution in [0.1, 0.15) is 40.3 Å². The summed E-state index contributed by atoms with van der Waals surface area (Å²) in [5.41, 5.74) is 5.40. The molecule has 0 aromatic heterocycles. The Morgan fingerprint density at radius 3 is 1.56 bits per heavy atom. The third-order valence-corrected chi connectivity index (χ3v) is 9.40. The summed E-state index contributed by atoms with van der Waals surface area (Å²) >= 11 is 14.9. The quantitative estimate of drug-likeness (QED) is 0.381. The Balaban J connectivity index is 1.46. The fourth-order valence-electron chi connectivity index (χ4n) is 6.43. The van der Waals surface area contributed by atoms with Gasteiger partial charge in [-0.3, -0.25) is 19.3 Å². The number of carbonyl (C=O) groups excluding carboxylic acids is 3. The molecule has 36 heavy (non-hydrogen) atoms. The lowest BCUT2D eigenvalue weighted by Crippen LogP contribution is -2.57. The topological polar surface area (TPSA) is 66.5 Å². The summed E-state index contributed by atoms with van der Waals surface area (Å²) in [6.07, 6.45) is 0. The second kappa shape index (κ2) is 7.67. The molecule has 5 nitrogen and oxygen atoms in total. The maximum absolute atomic E-state index is 14.0. The smallest absolute Gasteiger partial charge is 0.247 e. The highest BCUT2D eigenvalue weighted by molar-refractivity contribution is 6.36. The first-order valence-corrected chi connectivity index (χ1v) is 12.7. The summed E-state index contributed by atoms with van der Waals surface area (Å²) in [4.78, 5) is 39.9. The van der Waals surface area contributed by atoms with Crippen molar-refractivity contribution in [3.63, 3.8) is 0 Å². The van der Waals surface area contributed by atoms with Gasteiger partial charge < -0.3 is 5.32 Å². The predicted molar refractivity (Wildman–Crippen MR) is 139 cm³/mol. The number of hydrogen-bond donors (Lipinski definition) is 1. The number of hydrogen-bond acceptors (Lipinski definition) is 3. The number of para-hydroxylation sites is 1. The SMILES string of the molecule is Cc1cccc(C)c1NC(=O)[C@H](C)N1C(=O)[C@@H]2[C@H](C1=O)C1(Cl)c3ccccc3C2(Cl)c2ccccc21. The van der Waals surface area contributed by atoms with E-state index in [-0.39, 0.29) is 0 Å². The molecule has 182 valence electrons. The number of aryl methyl sites for hydroxylation is 2. The second-order valence-electron chi connectivity index (χ2n) is 9.95. The number of amides is 3. The molecular formula is C29H24Cl2N2O3. The summed E-state index contributed by atoms with van der Waals surface area (Å²) in [6, 6.07) is 19.6. The summed E-state index contributed by atoms with van der Waals surface area (Å²) in [5.74, 6) is -3.24. The summed E-state index contributed by atoms with van der Waals surface area (Å²) in [7, 11) is 0. The molecular weight excluding hydrogens is 495 g/mol. The number of anilines is 1. The van der Waals surface area contributed by atoms with Gasteiger partial charge in [-0.05, 0) is 54.2 Å². The maximum Gasteiger partial charge on any atom is 0.247 e. The monoisotopic (exact) mass is 518 g/mol. The van der Waals surface area contributed by atoms with Gasteiger partial charge >= 0.3 is 0 Å². The van der Waals surface area contributed by atoms with E-state index in [9.17, 15) is 14.4 Å². The van der Waals surface area contributed by atoms with Crippen LogP contribution in [0.2, 0.25) is 0 Å². The summed E-state index contributed by atoms with van der Waals surface area (Å²) in [6.45, 7) is 5.36. The molecule has 3 atom stereocenters. The van der Waals surface area contributed by atoms with Gasteiger partial charge in [0, 0.05) is 5.69 Å². The lowest BCUT2D eigenvalue weighted by atomic mass is 9.54. The van der Waals surface area contributed by atoms with Crippen LogP contribution >= 0.6 is 23.2 Å². The highest BCUT2D eigenvalue weighted by Crippen LogP contribution is 2.69. The van der Waals surface area contributed by atoms with E-state index in [1.807, 2.05) is 80.6 Å². The molecule has 3 aromatic rings. The number of benzene rings is 3. The second-order valence-corrected chi connectivity index (χ2v) is 11.1. The first-order valence-electron chi connectivity index (χ1n) is 11.9. The highest BCUT2D eigenvalue weighted by Gasteiger charge is 2.73. The van der Waals surface area contributed by atoms with Crippen LogP contribution in [0.15, 0.2) is 66.7 Å². The number of alkyl halides is 2. The fourth-order valence-corrected chi connectivity index (χ4v) is 7.52. The van der Waals surface area contributed by atoms with E-state index in [4.69, 9.17) is 23.2 Å². The number of rotatable bonds is 3. The van der Waals surface area contributed by atoms with E-state index in [2.05, 4.69) is 5.32 Å². The van der Waals surface area contributed by atoms with E-state index in [0.29, 0.717) is 5.69 Å². The molecule has 4 aliphatic rings. The zero-order valence-corrected chi connectivity index (χ0v) is 21.5. The van der Waals surface area contributed by atoms with E-state index in [1.54, 1.807) is 6.92 Å². The molecule has 3 amide bonds. The minimum absolute atomic E-state index is 0.442. The van der Waals surface area contributed by atoms with Crippen molar-refractivity contribution >= 4 is 46.6 Å². The summed E-state index contributed by atoms with van der Waals surface area (Å²) < 4.78 is 0. The number of imide groups is 1. The van der Waals surface area contributed by atoms with Crippen LogP contribution in [-0.4, -0.2) is 28.7 Å². The molecule has 7 rings (SSSR count). The van der Waals surface area contributed by atoms with Crippen molar-refractivity contribution in [2.45, 2.75) is 36.6 Å². The van der Waals surface area contributed by atoms with Crippen LogP contribution in [-0.2, 0) is 24.1 Å². The Morgan fingerprint density at radius 1 is 0.778 bits per heavy atom. The molecule has 3 aliphatic carbocycles. The van der Waals surface area contributed by atoms with Gasteiger partial charge in [-0.15, -0.1) is 23.2 Å². The molecule has 7 heteroatoms.